The molecule has 2 N–H and O–H groups in total. The van der Waals surface area contributed by atoms with Gasteiger partial charge in [0.2, 0.25) is 0 Å². The third kappa shape index (κ3) is 1.94. The van der Waals surface area contributed by atoms with Crippen LogP contribution in [0.2, 0.25) is 5.15 Å². The van der Waals surface area contributed by atoms with Crippen LogP contribution in [-0.4, -0.2) is 27.1 Å². The highest BCUT2D eigenvalue weighted by Crippen LogP contribution is 2.11. The Morgan fingerprint density at radius 3 is 2.31 bits per heavy atom. The van der Waals surface area contributed by atoms with E-state index < -0.39 is 17.6 Å². The monoisotopic (exact) mass is 201 g/mol. The van der Waals surface area contributed by atoms with Crippen molar-refractivity contribution in [3.05, 3.63) is 28.5 Å². The Kier molecular flexibility index (Phi) is 2.48. The lowest BCUT2D eigenvalue weighted by Gasteiger charge is -1.99. The third-order valence-corrected chi connectivity index (χ3v) is 1.50. The molecular weight excluding hydrogens is 198 g/mol. The number of carboxylic acids is 2. The molecule has 1 heterocycles. The zero-order chi connectivity index (χ0) is 10.0. The van der Waals surface area contributed by atoms with E-state index in [1.165, 1.54) is 6.07 Å². The lowest BCUT2D eigenvalue weighted by molar-refractivity contribution is 0.0646. The summed E-state index contributed by atoms with van der Waals surface area (Å²) in [6.07, 6.45) is 0. The Balaban J connectivity index is 3.35. The molecule has 0 saturated carbocycles. The topological polar surface area (TPSA) is 87.5 Å². The maximum atomic E-state index is 10.5. The number of hydrogen-bond acceptors (Lipinski definition) is 3. The molecule has 68 valence electrons. The number of aromatic carboxylic acids is 2. The first kappa shape index (κ1) is 9.47. The number of carbonyl (C=O) groups is 2. The van der Waals surface area contributed by atoms with Gasteiger partial charge in [-0.25, -0.2) is 14.6 Å². The number of carboxylic acid groups (broad SMARTS) is 2. The van der Waals surface area contributed by atoms with Crippen LogP contribution in [0.25, 0.3) is 0 Å². The van der Waals surface area contributed by atoms with Gasteiger partial charge in [-0.3, -0.25) is 0 Å². The van der Waals surface area contributed by atoms with Gasteiger partial charge in [0.15, 0.2) is 5.69 Å². The summed E-state index contributed by atoms with van der Waals surface area (Å²) in [4.78, 5) is 24.4. The molecule has 0 aliphatic carbocycles. The molecule has 0 radical (unpaired) electrons. The van der Waals surface area contributed by atoms with Crippen LogP contribution in [0.4, 0.5) is 0 Å². The van der Waals surface area contributed by atoms with Gasteiger partial charge >= 0.3 is 11.9 Å². The molecule has 6 heteroatoms. The van der Waals surface area contributed by atoms with Gasteiger partial charge in [0.05, 0.1) is 5.56 Å². The van der Waals surface area contributed by atoms with Gasteiger partial charge < -0.3 is 10.2 Å². The van der Waals surface area contributed by atoms with E-state index in [4.69, 9.17) is 21.8 Å². The molecule has 1 aromatic heterocycles. The fraction of sp³-hybridized carbons (Fsp3) is 0. The van der Waals surface area contributed by atoms with E-state index in [0.29, 0.717) is 0 Å². The Labute approximate surface area is 77.6 Å². The van der Waals surface area contributed by atoms with Crippen LogP contribution in [0, 0.1) is 0 Å². The smallest absolute Gasteiger partial charge is 0.355 e. The average molecular weight is 202 g/mol. The number of nitrogens with zero attached hydrogens (tertiary/aromatic N) is 1. The highest BCUT2D eigenvalue weighted by molar-refractivity contribution is 6.29. The van der Waals surface area contributed by atoms with E-state index in [1.54, 1.807) is 0 Å². The van der Waals surface area contributed by atoms with E-state index >= 15 is 0 Å². The lowest BCUT2D eigenvalue weighted by Crippen LogP contribution is -2.10. The number of halogens is 1. The van der Waals surface area contributed by atoms with Gasteiger partial charge in [-0.05, 0) is 12.1 Å². The summed E-state index contributed by atoms with van der Waals surface area (Å²) in [5, 5.41) is 17.1. The first-order valence-corrected chi connectivity index (χ1v) is 3.53. The van der Waals surface area contributed by atoms with Crippen molar-refractivity contribution in [1.82, 2.24) is 4.98 Å². The molecular formula is C7H4ClNO4. The van der Waals surface area contributed by atoms with Crippen molar-refractivity contribution in [3.8, 4) is 0 Å². The first-order chi connectivity index (χ1) is 6.02. The minimum absolute atomic E-state index is 0.0533. The zero-order valence-corrected chi connectivity index (χ0v) is 6.95. The molecule has 0 unspecified atom stereocenters. The molecule has 0 fully saturated rings. The number of pyridine rings is 1. The van der Waals surface area contributed by atoms with Crippen LogP contribution >= 0.6 is 11.6 Å². The average Bonchev–Trinajstić information content (AvgIpc) is 2.03. The third-order valence-electron chi connectivity index (χ3n) is 1.29. The molecule has 0 aromatic carbocycles. The van der Waals surface area contributed by atoms with Crippen molar-refractivity contribution in [1.29, 1.82) is 0 Å². The van der Waals surface area contributed by atoms with Crippen molar-refractivity contribution in [2.24, 2.45) is 0 Å². The van der Waals surface area contributed by atoms with Crippen molar-refractivity contribution in [3.63, 3.8) is 0 Å². The molecule has 0 bridgehead atoms. The molecule has 0 saturated heterocycles. The van der Waals surface area contributed by atoms with Crippen LogP contribution in [0.5, 0.6) is 0 Å². The minimum Gasteiger partial charge on any atom is -0.478 e. The minimum atomic E-state index is -1.42. The quantitative estimate of drug-likeness (QED) is 0.701. The van der Waals surface area contributed by atoms with Crippen LogP contribution in [0.1, 0.15) is 20.8 Å². The second-order valence-corrected chi connectivity index (χ2v) is 2.53. The second kappa shape index (κ2) is 3.40. The highest BCUT2D eigenvalue weighted by atomic mass is 35.5. The zero-order valence-electron chi connectivity index (χ0n) is 6.19. The largest absolute Gasteiger partial charge is 0.478 e. The summed E-state index contributed by atoms with van der Waals surface area (Å²) >= 11 is 5.40. The summed E-state index contributed by atoms with van der Waals surface area (Å²) < 4.78 is 0. The standard InChI is InChI=1S/C7H4ClNO4/c8-4-2-1-3(6(10)11)5(9-4)7(12)13/h1-2H,(H,10,11)(H,12,13). The summed E-state index contributed by atoms with van der Waals surface area (Å²) in [5.74, 6) is -2.76. The van der Waals surface area contributed by atoms with Gasteiger partial charge in [-0.2, -0.15) is 0 Å². The molecule has 0 aliphatic rings. The van der Waals surface area contributed by atoms with E-state index in [9.17, 15) is 9.59 Å². The van der Waals surface area contributed by atoms with Gasteiger partial charge in [0.25, 0.3) is 0 Å². The number of rotatable bonds is 2. The molecule has 0 spiro atoms. The van der Waals surface area contributed by atoms with Gasteiger partial charge in [0, 0.05) is 0 Å². The maximum Gasteiger partial charge on any atom is 0.355 e. The fourth-order valence-electron chi connectivity index (χ4n) is 0.771. The Morgan fingerprint density at radius 1 is 1.23 bits per heavy atom. The molecule has 1 aromatic rings. The van der Waals surface area contributed by atoms with Gasteiger partial charge in [-0.15, -0.1) is 0 Å². The molecule has 1 rings (SSSR count). The predicted molar refractivity (Wildman–Crippen MR) is 43.2 cm³/mol. The van der Waals surface area contributed by atoms with Crippen molar-refractivity contribution in [2.45, 2.75) is 0 Å². The Bertz CT molecular complexity index is 377. The maximum absolute atomic E-state index is 10.5. The number of aromatic nitrogens is 1. The van der Waals surface area contributed by atoms with Crippen LogP contribution in [-0.2, 0) is 0 Å². The van der Waals surface area contributed by atoms with E-state index in [0.717, 1.165) is 6.07 Å². The summed E-state index contributed by atoms with van der Waals surface area (Å²) in [7, 11) is 0. The molecule has 13 heavy (non-hydrogen) atoms. The molecule has 0 amide bonds. The number of hydrogen-bond donors (Lipinski definition) is 2. The molecule has 0 atom stereocenters. The first-order valence-electron chi connectivity index (χ1n) is 3.15. The predicted octanol–water partition coefficient (Wildman–Crippen LogP) is 1.13. The van der Waals surface area contributed by atoms with Crippen molar-refractivity contribution < 1.29 is 19.8 Å². The second-order valence-electron chi connectivity index (χ2n) is 2.14. The SMILES string of the molecule is O=C(O)c1ccc(Cl)nc1C(=O)O. The summed E-state index contributed by atoms with van der Waals surface area (Å²) in [6, 6.07) is 2.32. The lowest BCUT2D eigenvalue weighted by atomic mass is 10.2. The van der Waals surface area contributed by atoms with E-state index in [1.807, 2.05) is 0 Å². The van der Waals surface area contributed by atoms with E-state index in [-0.39, 0.29) is 10.7 Å². The van der Waals surface area contributed by atoms with Crippen LogP contribution < -0.4 is 0 Å². The summed E-state index contributed by atoms with van der Waals surface area (Å²) in [5.41, 5.74) is -0.933. The Morgan fingerprint density at radius 2 is 1.85 bits per heavy atom. The summed E-state index contributed by atoms with van der Waals surface area (Å²) in [6.45, 7) is 0. The van der Waals surface area contributed by atoms with Crippen LogP contribution in [0.15, 0.2) is 12.1 Å². The molecule has 0 aliphatic heterocycles. The molecule has 5 nitrogen and oxygen atoms in total. The van der Waals surface area contributed by atoms with E-state index in [2.05, 4.69) is 4.98 Å². The Hall–Kier alpha value is -1.62. The van der Waals surface area contributed by atoms with Crippen LogP contribution in [0.3, 0.4) is 0 Å². The fourth-order valence-corrected chi connectivity index (χ4v) is 0.918. The van der Waals surface area contributed by atoms with Gasteiger partial charge in [-0.1, -0.05) is 11.6 Å². The normalized spacial score (nSPS) is 9.62. The highest BCUT2D eigenvalue weighted by Gasteiger charge is 2.17. The van der Waals surface area contributed by atoms with Crippen molar-refractivity contribution >= 4 is 23.5 Å². The van der Waals surface area contributed by atoms with Gasteiger partial charge in [0.1, 0.15) is 5.15 Å². The van der Waals surface area contributed by atoms with Crippen molar-refractivity contribution in [2.75, 3.05) is 0 Å².